The van der Waals surface area contributed by atoms with Crippen LogP contribution in [0.5, 0.6) is 0 Å². The molecule has 0 aliphatic carbocycles. The molecule has 4 heteroatoms. The number of amides is 1. The van der Waals surface area contributed by atoms with Gasteiger partial charge in [0.1, 0.15) is 0 Å². The first-order valence-electron chi connectivity index (χ1n) is 7.60. The maximum atomic E-state index is 12.7. The fourth-order valence-electron chi connectivity index (χ4n) is 3.02. The summed E-state index contributed by atoms with van der Waals surface area (Å²) < 4.78 is 0. The van der Waals surface area contributed by atoms with Crippen molar-refractivity contribution < 1.29 is 4.79 Å². The highest BCUT2D eigenvalue weighted by Crippen LogP contribution is 2.32. The molecular weight excluding hydrogens is 250 g/mol. The van der Waals surface area contributed by atoms with Crippen LogP contribution < -0.4 is 10.6 Å². The normalized spacial score (nSPS) is 24.1. The van der Waals surface area contributed by atoms with E-state index in [1.807, 2.05) is 25.1 Å². The standard InChI is InChI=1S/C16H25N3O/c1-3-8-16(9-6-10-17-12-16)15(20)19-13(2)14-7-4-5-11-18-14/h4-5,7,11,13,17H,3,6,8-10,12H2,1-2H3,(H,19,20)/t13-,16?/m1/s1. The number of carbonyl (C=O) groups is 1. The number of rotatable bonds is 5. The molecule has 0 saturated carbocycles. The van der Waals surface area contributed by atoms with Crippen LogP contribution in [0, 0.1) is 5.41 Å². The first kappa shape index (κ1) is 15.0. The van der Waals surface area contributed by atoms with Gasteiger partial charge in [-0.05, 0) is 44.9 Å². The molecule has 2 atom stereocenters. The van der Waals surface area contributed by atoms with Crippen LogP contribution in [-0.2, 0) is 4.79 Å². The zero-order valence-corrected chi connectivity index (χ0v) is 12.5. The van der Waals surface area contributed by atoms with Crippen molar-refractivity contribution in [1.82, 2.24) is 15.6 Å². The van der Waals surface area contributed by atoms with Gasteiger partial charge in [-0.25, -0.2) is 0 Å². The lowest BCUT2D eigenvalue weighted by Crippen LogP contribution is -2.51. The van der Waals surface area contributed by atoms with Gasteiger partial charge in [-0.3, -0.25) is 9.78 Å². The third kappa shape index (κ3) is 3.37. The Morgan fingerprint density at radius 3 is 3.00 bits per heavy atom. The molecule has 2 N–H and O–H groups in total. The second kappa shape index (κ2) is 6.84. The van der Waals surface area contributed by atoms with Crippen LogP contribution in [-0.4, -0.2) is 24.0 Å². The van der Waals surface area contributed by atoms with Gasteiger partial charge in [0, 0.05) is 12.7 Å². The van der Waals surface area contributed by atoms with Crippen molar-refractivity contribution in [1.29, 1.82) is 0 Å². The quantitative estimate of drug-likeness (QED) is 0.867. The van der Waals surface area contributed by atoms with Gasteiger partial charge in [-0.2, -0.15) is 0 Å². The van der Waals surface area contributed by atoms with Crippen LogP contribution in [0.4, 0.5) is 0 Å². The molecule has 110 valence electrons. The van der Waals surface area contributed by atoms with E-state index in [-0.39, 0.29) is 17.4 Å². The van der Waals surface area contributed by atoms with Gasteiger partial charge < -0.3 is 10.6 Å². The number of aromatic nitrogens is 1. The van der Waals surface area contributed by atoms with Gasteiger partial charge >= 0.3 is 0 Å². The van der Waals surface area contributed by atoms with Crippen LogP contribution >= 0.6 is 0 Å². The SMILES string of the molecule is CCCC1(C(=O)N[C@H](C)c2ccccn2)CCCNC1. The molecule has 1 fully saturated rings. The number of piperidine rings is 1. The number of nitrogens with zero attached hydrogens (tertiary/aromatic N) is 1. The first-order valence-corrected chi connectivity index (χ1v) is 7.60. The van der Waals surface area contributed by atoms with Crippen molar-refractivity contribution in [2.75, 3.05) is 13.1 Å². The number of nitrogens with one attached hydrogen (secondary N) is 2. The highest BCUT2D eigenvalue weighted by molar-refractivity contribution is 5.83. The summed E-state index contributed by atoms with van der Waals surface area (Å²) in [6.07, 6.45) is 5.80. The molecule has 0 bridgehead atoms. The highest BCUT2D eigenvalue weighted by atomic mass is 16.2. The maximum Gasteiger partial charge on any atom is 0.228 e. The molecule has 2 heterocycles. The largest absolute Gasteiger partial charge is 0.347 e. The Morgan fingerprint density at radius 2 is 2.40 bits per heavy atom. The fourth-order valence-corrected chi connectivity index (χ4v) is 3.02. The Bertz CT molecular complexity index is 421. The number of hydrogen-bond acceptors (Lipinski definition) is 3. The van der Waals surface area contributed by atoms with Crippen molar-refractivity contribution in [3.05, 3.63) is 30.1 Å². The summed E-state index contributed by atoms with van der Waals surface area (Å²) in [5.41, 5.74) is 0.673. The lowest BCUT2D eigenvalue weighted by atomic mass is 9.76. The summed E-state index contributed by atoms with van der Waals surface area (Å²) in [7, 11) is 0. The van der Waals surface area contributed by atoms with Crippen molar-refractivity contribution in [3.63, 3.8) is 0 Å². The topological polar surface area (TPSA) is 54.0 Å². The fraction of sp³-hybridized carbons (Fsp3) is 0.625. The molecule has 0 radical (unpaired) electrons. The number of hydrogen-bond donors (Lipinski definition) is 2. The summed E-state index contributed by atoms with van der Waals surface area (Å²) in [6.45, 7) is 5.96. The smallest absolute Gasteiger partial charge is 0.228 e. The lowest BCUT2D eigenvalue weighted by molar-refractivity contribution is -0.133. The second-order valence-corrected chi connectivity index (χ2v) is 5.76. The third-order valence-corrected chi connectivity index (χ3v) is 4.16. The van der Waals surface area contributed by atoms with Gasteiger partial charge in [0.15, 0.2) is 0 Å². The van der Waals surface area contributed by atoms with E-state index in [9.17, 15) is 4.79 Å². The highest BCUT2D eigenvalue weighted by Gasteiger charge is 2.39. The van der Waals surface area contributed by atoms with Crippen LogP contribution in [0.1, 0.15) is 51.3 Å². The summed E-state index contributed by atoms with van der Waals surface area (Å²) in [5, 5.41) is 6.53. The zero-order valence-electron chi connectivity index (χ0n) is 12.5. The van der Waals surface area contributed by atoms with Gasteiger partial charge in [-0.15, -0.1) is 0 Å². The van der Waals surface area contributed by atoms with Crippen molar-refractivity contribution in [2.45, 2.75) is 45.6 Å². The minimum Gasteiger partial charge on any atom is -0.347 e. The summed E-state index contributed by atoms with van der Waals surface area (Å²) in [5.74, 6) is 0.171. The Kier molecular flexibility index (Phi) is 5.12. The number of carbonyl (C=O) groups excluding carboxylic acids is 1. The van der Waals surface area contributed by atoms with E-state index in [1.54, 1.807) is 6.20 Å². The average Bonchev–Trinajstić information content (AvgIpc) is 2.49. The second-order valence-electron chi connectivity index (χ2n) is 5.76. The van der Waals surface area contributed by atoms with E-state index in [4.69, 9.17) is 0 Å². The predicted molar refractivity (Wildman–Crippen MR) is 80.2 cm³/mol. The summed E-state index contributed by atoms with van der Waals surface area (Å²) in [4.78, 5) is 17.0. The molecule has 1 aromatic rings. The summed E-state index contributed by atoms with van der Waals surface area (Å²) >= 11 is 0. The van der Waals surface area contributed by atoms with E-state index in [0.717, 1.165) is 44.5 Å². The van der Waals surface area contributed by atoms with E-state index in [2.05, 4.69) is 22.5 Å². The van der Waals surface area contributed by atoms with Crippen molar-refractivity contribution >= 4 is 5.91 Å². The van der Waals surface area contributed by atoms with Crippen molar-refractivity contribution in [3.8, 4) is 0 Å². The monoisotopic (exact) mass is 275 g/mol. The summed E-state index contributed by atoms with van der Waals surface area (Å²) in [6, 6.07) is 5.76. The molecule has 1 amide bonds. The first-order chi connectivity index (χ1) is 9.68. The Hall–Kier alpha value is -1.42. The predicted octanol–water partition coefficient (Wildman–Crippen LogP) is 2.43. The van der Waals surface area contributed by atoms with Gasteiger partial charge in [0.25, 0.3) is 0 Å². The van der Waals surface area contributed by atoms with Gasteiger partial charge in [0.05, 0.1) is 17.2 Å². The molecule has 1 aromatic heterocycles. The van der Waals surface area contributed by atoms with E-state index >= 15 is 0 Å². The average molecular weight is 275 g/mol. The molecule has 1 unspecified atom stereocenters. The minimum atomic E-state index is -0.240. The Balaban J connectivity index is 2.05. The van der Waals surface area contributed by atoms with Crippen LogP contribution in [0.25, 0.3) is 0 Å². The maximum absolute atomic E-state index is 12.7. The molecule has 0 spiro atoms. The minimum absolute atomic E-state index is 0.0423. The molecule has 2 rings (SSSR count). The lowest BCUT2D eigenvalue weighted by Gasteiger charge is -2.37. The zero-order chi connectivity index (χ0) is 14.4. The van der Waals surface area contributed by atoms with E-state index < -0.39 is 0 Å². The Morgan fingerprint density at radius 1 is 1.55 bits per heavy atom. The number of pyridine rings is 1. The Labute approximate surface area is 121 Å². The molecule has 4 nitrogen and oxygen atoms in total. The van der Waals surface area contributed by atoms with Crippen molar-refractivity contribution in [2.24, 2.45) is 5.41 Å². The molecule has 1 aliphatic rings. The molecular formula is C16H25N3O. The van der Waals surface area contributed by atoms with Gasteiger partial charge in [0.2, 0.25) is 5.91 Å². The third-order valence-electron chi connectivity index (χ3n) is 4.16. The molecule has 20 heavy (non-hydrogen) atoms. The molecule has 1 aliphatic heterocycles. The van der Waals surface area contributed by atoms with Crippen LogP contribution in [0.15, 0.2) is 24.4 Å². The molecule has 0 aromatic carbocycles. The van der Waals surface area contributed by atoms with E-state index in [1.165, 1.54) is 0 Å². The van der Waals surface area contributed by atoms with E-state index in [0.29, 0.717) is 0 Å². The van der Waals surface area contributed by atoms with Gasteiger partial charge in [-0.1, -0.05) is 19.4 Å². The molecule has 1 saturated heterocycles. The van der Waals surface area contributed by atoms with Crippen LogP contribution in [0.3, 0.4) is 0 Å². The van der Waals surface area contributed by atoms with Crippen LogP contribution in [0.2, 0.25) is 0 Å².